The number of Topliss-reactive ketones (excluding diaryl/α,β-unsaturated/α-hetero) is 1. The smallest absolute Gasteiger partial charge is 0.163 e. The van der Waals surface area contributed by atoms with Crippen molar-refractivity contribution in [1.29, 1.82) is 0 Å². The topological polar surface area (TPSA) is 26.3 Å². The van der Waals surface area contributed by atoms with Crippen molar-refractivity contribution in [3.8, 4) is 5.75 Å². The van der Waals surface area contributed by atoms with Gasteiger partial charge < -0.3 is 4.74 Å². The number of unbranched alkanes of at least 4 members (excludes halogenated alkanes) is 1. The molecule has 0 fully saturated rings. The SMILES string of the molecule is CC(=O)c1cc(C)ccc1OCCCCBr. The normalized spacial score (nSPS) is 10.2. The highest BCUT2D eigenvalue weighted by Crippen LogP contribution is 2.20. The Morgan fingerprint density at radius 3 is 2.75 bits per heavy atom. The van der Waals surface area contributed by atoms with E-state index in [1.165, 1.54) is 0 Å². The molecule has 0 heterocycles. The predicted octanol–water partition coefficient (Wildman–Crippen LogP) is 3.75. The van der Waals surface area contributed by atoms with Gasteiger partial charge in [-0.2, -0.15) is 0 Å². The van der Waals surface area contributed by atoms with Crippen LogP contribution in [0.2, 0.25) is 0 Å². The molecule has 0 amide bonds. The summed E-state index contributed by atoms with van der Waals surface area (Å²) in [6.45, 7) is 4.20. The second kappa shape index (κ2) is 6.69. The van der Waals surface area contributed by atoms with Gasteiger partial charge in [-0.25, -0.2) is 0 Å². The van der Waals surface area contributed by atoms with Gasteiger partial charge in [0.15, 0.2) is 5.78 Å². The number of ketones is 1. The van der Waals surface area contributed by atoms with Crippen LogP contribution in [-0.2, 0) is 0 Å². The average Bonchev–Trinajstić information content (AvgIpc) is 2.26. The molecule has 0 aliphatic heterocycles. The van der Waals surface area contributed by atoms with Crippen LogP contribution in [0, 0.1) is 6.92 Å². The third kappa shape index (κ3) is 3.97. The van der Waals surface area contributed by atoms with Crippen LogP contribution in [0.3, 0.4) is 0 Å². The minimum atomic E-state index is 0.0548. The summed E-state index contributed by atoms with van der Waals surface area (Å²) in [5.74, 6) is 0.756. The lowest BCUT2D eigenvalue weighted by Gasteiger charge is -2.10. The molecule has 0 atom stereocenters. The molecule has 0 aliphatic carbocycles. The van der Waals surface area contributed by atoms with Crippen LogP contribution in [0.5, 0.6) is 5.75 Å². The van der Waals surface area contributed by atoms with Crippen molar-refractivity contribution in [1.82, 2.24) is 0 Å². The van der Waals surface area contributed by atoms with E-state index >= 15 is 0 Å². The Kier molecular flexibility index (Phi) is 5.53. The molecule has 0 aliphatic rings. The van der Waals surface area contributed by atoms with Crippen LogP contribution in [0.15, 0.2) is 18.2 Å². The van der Waals surface area contributed by atoms with Crippen molar-refractivity contribution < 1.29 is 9.53 Å². The number of alkyl halides is 1. The molecule has 0 spiro atoms. The average molecular weight is 285 g/mol. The molecule has 0 saturated carbocycles. The molecule has 0 unspecified atom stereocenters. The molecule has 1 aromatic rings. The monoisotopic (exact) mass is 284 g/mol. The van der Waals surface area contributed by atoms with Crippen molar-refractivity contribution in [3.63, 3.8) is 0 Å². The largest absolute Gasteiger partial charge is 0.493 e. The summed E-state index contributed by atoms with van der Waals surface area (Å²) in [4.78, 5) is 11.4. The van der Waals surface area contributed by atoms with Crippen LogP contribution >= 0.6 is 15.9 Å². The maximum absolute atomic E-state index is 11.4. The number of aryl methyl sites for hydroxylation is 1. The first-order valence-electron chi connectivity index (χ1n) is 5.45. The number of halogens is 1. The lowest BCUT2D eigenvalue weighted by atomic mass is 10.1. The Morgan fingerprint density at radius 2 is 2.12 bits per heavy atom. The van der Waals surface area contributed by atoms with E-state index in [0.717, 1.165) is 23.7 Å². The maximum atomic E-state index is 11.4. The summed E-state index contributed by atoms with van der Waals surface area (Å²) < 4.78 is 5.61. The fourth-order valence-corrected chi connectivity index (χ4v) is 1.82. The number of ether oxygens (including phenoxy) is 1. The van der Waals surface area contributed by atoms with Gasteiger partial charge in [0.2, 0.25) is 0 Å². The summed E-state index contributed by atoms with van der Waals surface area (Å²) >= 11 is 3.37. The van der Waals surface area contributed by atoms with Crippen molar-refractivity contribution in [2.24, 2.45) is 0 Å². The van der Waals surface area contributed by atoms with Gasteiger partial charge in [0.25, 0.3) is 0 Å². The molecular formula is C13H17BrO2. The molecule has 2 nitrogen and oxygen atoms in total. The first-order valence-corrected chi connectivity index (χ1v) is 6.57. The zero-order valence-electron chi connectivity index (χ0n) is 9.75. The van der Waals surface area contributed by atoms with Gasteiger partial charge in [0.1, 0.15) is 5.75 Å². The summed E-state index contributed by atoms with van der Waals surface area (Å²) in [5.41, 5.74) is 1.76. The minimum absolute atomic E-state index is 0.0548. The molecule has 0 radical (unpaired) electrons. The Hall–Kier alpha value is -0.830. The Bertz CT molecular complexity index is 361. The first kappa shape index (κ1) is 13.2. The third-order valence-electron chi connectivity index (χ3n) is 2.30. The second-order valence-corrected chi connectivity index (χ2v) is 4.59. The molecule has 16 heavy (non-hydrogen) atoms. The van der Waals surface area contributed by atoms with Crippen molar-refractivity contribution in [2.75, 3.05) is 11.9 Å². The quantitative estimate of drug-likeness (QED) is 0.452. The van der Waals surface area contributed by atoms with Gasteiger partial charge in [0, 0.05) is 5.33 Å². The van der Waals surface area contributed by atoms with Crippen molar-refractivity contribution >= 4 is 21.7 Å². The van der Waals surface area contributed by atoms with E-state index in [1.807, 2.05) is 25.1 Å². The molecular weight excluding hydrogens is 268 g/mol. The number of rotatable bonds is 6. The highest BCUT2D eigenvalue weighted by atomic mass is 79.9. The van der Waals surface area contributed by atoms with Crippen molar-refractivity contribution in [3.05, 3.63) is 29.3 Å². The van der Waals surface area contributed by atoms with E-state index in [0.29, 0.717) is 17.9 Å². The second-order valence-electron chi connectivity index (χ2n) is 3.80. The van der Waals surface area contributed by atoms with Gasteiger partial charge in [-0.05, 0) is 38.8 Å². The Labute approximate surface area is 105 Å². The van der Waals surface area contributed by atoms with Crippen LogP contribution in [-0.4, -0.2) is 17.7 Å². The first-order chi connectivity index (χ1) is 7.65. The number of carbonyl (C=O) groups excluding carboxylic acids is 1. The Balaban J connectivity index is 2.67. The number of benzene rings is 1. The third-order valence-corrected chi connectivity index (χ3v) is 2.86. The molecule has 3 heteroatoms. The molecule has 1 aromatic carbocycles. The zero-order chi connectivity index (χ0) is 12.0. The van der Waals surface area contributed by atoms with Gasteiger partial charge in [0.05, 0.1) is 12.2 Å². The molecule has 0 saturated heterocycles. The van der Waals surface area contributed by atoms with E-state index in [1.54, 1.807) is 6.92 Å². The fourth-order valence-electron chi connectivity index (χ4n) is 1.42. The summed E-state index contributed by atoms with van der Waals surface area (Å²) in [6, 6.07) is 5.72. The van der Waals surface area contributed by atoms with Crippen LogP contribution < -0.4 is 4.74 Å². The molecule has 0 bridgehead atoms. The van der Waals surface area contributed by atoms with E-state index in [2.05, 4.69) is 15.9 Å². The molecule has 1 rings (SSSR count). The number of carbonyl (C=O) groups is 1. The van der Waals surface area contributed by atoms with Gasteiger partial charge in [-0.15, -0.1) is 0 Å². The zero-order valence-corrected chi connectivity index (χ0v) is 11.3. The van der Waals surface area contributed by atoms with E-state index in [-0.39, 0.29) is 5.78 Å². The number of hydrogen-bond donors (Lipinski definition) is 0. The standard InChI is InChI=1S/C13H17BrO2/c1-10-5-6-13(12(9-10)11(2)15)16-8-4-3-7-14/h5-6,9H,3-4,7-8H2,1-2H3. The van der Waals surface area contributed by atoms with Gasteiger partial charge in [-0.1, -0.05) is 27.6 Å². The van der Waals surface area contributed by atoms with E-state index in [4.69, 9.17) is 4.74 Å². The summed E-state index contributed by atoms with van der Waals surface area (Å²) in [5, 5.41) is 0.990. The van der Waals surface area contributed by atoms with Crippen LogP contribution in [0.4, 0.5) is 0 Å². The molecule has 0 N–H and O–H groups in total. The van der Waals surface area contributed by atoms with Crippen LogP contribution in [0.25, 0.3) is 0 Å². The fraction of sp³-hybridized carbons (Fsp3) is 0.462. The summed E-state index contributed by atoms with van der Waals surface area (Å²) in [7, 11) is 0. The van der Waals surface area contributed by atoms with Crippen molar-refractivity contribution in [2.45, 2.75) is 26.7 Å². The van der Waals surface area contributed by atoms with E-state index < -0.39 is 0 Å². The summed E-state index contributed by atoms with van der Waals surface area (Å²) in [6.07, 6.45) is 2.08. The highest BCUT2D eigenvalue weighted by Gasteiger charge is 2.08. The minimum Gasteiger partial charge on any atom is -0.493 e. The van der Waals surface area contributed by atoms with Gasteiger partial charge in [-0.3, -0.25) is 4.79 Å². The lowest BCUT2D eigenvalue weighted by molar-refractivity contribution is 0.101. The Morgan fingerprint density at radius 1 is 1.38 bits per heavy atom. The highest BCUT2D eigenvalue weighted by molar-refractivity contribution is 9.09. The van der Waals surface area contributed by atoms with E-state index in [9.17, 15) is 4.79 Å². The van der Waals surface area contributed by atoms with Gasteiger partial charge >= 0.3 is 0 Å². The lowest BCUT2D eigenvalue weighted by Crippen LogP contribution is -2.03. The molecule has 88 valence electrons. The number of hydrogen-bond acceptors (Lipinski definition) is 2. The predicted molar refractivity (Wildman–Crippen MR) is 69.7 cm³/mol. The molecule has 0 aromatic heterocycles. The van der Waals surface area contributed by atoms with Crippen LogP contribution in [0.1, 0.15) is 35.7 Å². The maximum Gasteiger partial charge on any atom is 0.163 e.